The summed E-state index contributed by atoms with van der Waals surface area (Å²) in [6.07, 6.45) is 1.17. The Morgan fingerprint density at radius 1 is 1.43 bits per heavy atom. The molecule has 0 spiro atoms. The van der Waals surface area contributed by atoms with Crippen molar-refractivity contribution in [2.75, 3.05) is 0 Å². The Labute approximate surface area is 76.6 Å². The number of rotatable bonds is 1. The Morgan fingerprint density at radius 3 is 2.79 bits per heavy atom. The summed E-state index contributed by atoms with van der Waals surface area (Å²) in [5.41, 5.74) is -0.969. The lowest BCUT2D eigenvalue weighted by Gasteiger charge is -1.99. The third-order valence-electron chi connectivity index (χ3n) is 1.86. The fourth-order valence-corrected chi connectivity index (χ4v) is 1.24. The van der Waals surface area contributed by atoms with Crippen molar-refractivity contribution in [1.82, 2.24) is 0 Å². The van der Waals surface area contributed by atoms with E-state index in [9.17, 15) is 13.6 Å². The summed E-state index contributed by atoms with van der Waals surface area (Å²) in [6, 6.07) is 2.10. The first-order valence-corrected chi connectivity index (χ1v) is 3.69. The second kappa shape index (κ2) is 2.80. The van der Waals surface area contributed by atoms with E-state index < -0.39 is 23.2 Å². The first-order chi connectivity index (χ1) is 6.61. The highest BCUT2D eigenvalue weighted by Gasteiger charge is 2.20. The minimum atomic E-state index is -1.64. The van der Waals surface area contributed by atoms with Gasteiger partial charge in [-0.05, 0) is 6.07 Å². The van der Waals surface area contributed by atoms with E-state index in [-0.39, 0.29) is 11.0 Å². The predicted octanol–water partition coefficient (Wildman–Crippen LogP) is 2.41. The molecule has 1 aromatic carbocycles. The smallest absolute Gasteiger partial charge is 0.341 e. The van der Waals surface area contributed by atoms with Gasteiger partial charge in [-0.15, -0.1) is 0 Å². The van der Waals surface area contributed by atoms with E-state index in [4.69, 9.17) is 9.52 Å². The first kappa shape index (κ1) is 8.68. The van der Waals surface area contributed by atoms with E-state index in [1.165, 1.54) is 12.3 Å². The highest BCUT2D eigenvalue weighted by Crippen LogP contribution is 2.24. The molecule has 1 N–H and O–H groups in total. The third kappa shape index (κ3) is 1.06. The molecule has 1 aromatic heterocycles. The molecule has 2 rings (SSSR count). The zero-order chi connectivity index (χ0) is 10.3. The van der Waals surface area contributed by atoms with E-state index in [0.717, 1.165) is 6.07 Å². The molecule has 0 fully saturated rings. The van der Waals surface area contributed by atoms with Crippen molar-refractivity contribution in [2.45, 2.75) is 0 Å². The molecule has 2 aromatic rings. The quantitative estimate of drug-likeness (QED) is 0.765. The Balaban J connectivity index is 2.89. The molecule has 0 unspecified atom stereocenters. The summed E-state index contributed by atoms with van der Waals surface area (Å²) in [5.74, 6) is -3.89. The summed E-state index contributed by atoms with van der Waals surface area (Å²) in [5, 5.41) is 8.49. The number of furan rings is 1. The van der Waals surface area contributed by atoms with Gasteiger partial charge < -0.3 is 9.52 Å². The fraction of sp³-hybridized carbons (Fsp3) is 0. The molecule has 0 aliphatic heterocycles. The minimum Gasteiger partial charge on any atom is -0.477 e. The van der Waals surface area contributed by atoms with Gasteiger partial charge >= 0.3 is 5.97 Å². The lowest BCUT2D eigenvalue weighted by atomic mass is 10.1. The molecule has 3 nitrogen and oxygen atoms in total. The van der Waals surface area contributed by atoms with Gasteiger partial charge in [0.05, 0.1) is 11.6 Å². The summed E-state index contributed by atoms with van der Waals surface area (Å²) < 4.78 is 31.1. The first-order valence-electron chi connectivity index (χ1n) is 3.69. The van der Waals surface area contributed by atoms with Crippen LogP contribution in [0.15, 0.2) is 22.8 Å². The van der Waals surface area contributed by atoms with Crippen molar-refractivity contribution in [3.05, 3.63) is 35.6 Å². The number of carboxylic acids is 1. The number of hydrogen-bond donors (Lipinski definition) is 1. The fourth-order valence-electron chi connectivity index (χ4n) is 1.24. The molecular weight excluding hydrogens is 194 g/mol. The standard InChI is InChI=1S/C9H4F2O3/c10-5-3-6-4(1-2-14-6)8(11)7(5)9(12)13/h1-3H,(H,12,13). The molecule has 14 heavy (non-hydrogen) atoms. The van der Waals surface area contributed by atoms with Gasteiger partial charge in [0, 0.05) is 6.07 Å². The molecule has 0 amide bonds. The molecule has 0 aliphatic rings. The van der Waals surface area contributed by atoms with Gasteiger partial charge in [-0.2, -0.15) is 0 Å². The molecule has 0 radical (unpaired) electrons. The van der Waals surface area contributed by atoms with Gasteiger partial charge in [0.15, 0.2) is 5.82 Å². The van der Waals surface area contributed by atoms with Crippen LogP contribution in [0.1, 0.15) is 10.4 Å². The molecule has 0 aliphatic carbocycles. The minimum absolute atomic E-state index is 0.00926. The average molecular weight is 198 g/mol. The summed E-state index contributed by atoms with van der Waals surface area (Å²) in [7, 11) is 0. The van der Waals surface area contributed by atoms with Crippen LogP contribution in [0.25, 0.3) is 11.0 Å². The van der Waals surface area contributed by atoms with Gasteiger partial charge in [-0.25, -0.2) is 13.6 Å². The van der Waals surface area contributed by atoms with Gasteiger partial charge in [0.2, 0.25) is 0 Å². The number of hydrogen-bond acceptors (Lipinski definition) is 2. The Kier molecular flexibility index (Phi) is 1.73. The van der Waals surface area contributed by atoms with Crippen LogP contribution in [0.2, 0.25) is 0 Å². The highest BCUT2D eigenvalue weighted by molar-refractivity contribution is 5.93. The molecule has 0 bridgehead atoms. The van der Waals surface area contributed by atoms with Crippen molar-refractivity contribution < 1.29 is 23.1 Å². The van der Waals surface area contributed by atoms with Crippen molar-refractivity contribution >= 4 is 16.9 Å². The van der Waals surface area contributed by atoms with Crippen LogP contribution < -0.4 is 0 Å². The summed E-state index contributed by atoms with van der Waals surface area (Å²) >= 11 is 0. The summed E-state index contributed by atoms with van der Waals surface area (Å²) in [4.78, 5) is 10.5. The van der Waals surface area contributed by atoms with Crippen LogP contribution in [-0.2, 0) is 0 Å². The highest BCUT2D eigenvalue weighted by atomic mass is 19.1. The SMILES string of the molecule is O=C(O)c1c(F)cc2occc2c1F. The number of halogens is 2. The Bertz CT molecular complexity index is 516. The maximum atomic E-state index is 13.3. The molecule has 5 heteroatoms. The second-order valence-electron chi connectivity index (χ2n) is 2.68. The van der Waals surface area contributed by atoms with Crippen molar-refractivity contribution in [1.29, 1.82) is 0 Å². The van der Waals surface area contributed by atoms with Crippen molar-refractivity contribution in [3.8, 4) is 0 Å². The van der Waals surface area contributed by atoms with Crippen LogP contribution in [-0.4, -0.2) is 11.1 Å². The van der Waals surface area contributed by atoms with Crippen LogP contribution in [0.4, 0.5) is 8.78 Å². The molecular formula is C9H4F2O3. The van der Waals surface area contributed by atoms with E-state index in [1.807, 2.05) is 0 Å². The normalized spacial score (nSPS) is 10.7. The maximum absolute atomic E-state index is 13.3. The van der Waals surface area contributed by atoms with Crippen molar-refractivity contribution in [3.63, 3.8) is 0 Å². The van der Waals surface area contributed by atoms with Gasteiger partial charge in [0.25, 0.3) is 0 Å². The van der Waals surface area contributed by atoms with E-state index in [0.29, 0.717) is 0 Å². The molecule has 0 saturated carbocycles. The number of fused-ring (bicyclic) bond motifs is 1. The number of carbonyl (C=O) groups is 1. The average Bonchev–Trinajstić information content (AvgIpc) is 2.50. The third-order valence-corrected chi connectivity index (χ3v) is 1.86. The molecule has 0 saturated heterocycles. The van der Waals surface area contributed by atoms with Crippen LogP contribution in [0, 0.1) is 11.6 Å². The lowest BCUT2D eigenvalue weighted by molar-refractivity contribution is 0.0687. The topological polar surface area (TPSA) is 50.4 Å². The number of benzene rings is 1. The number of carboxylic acid groups (broad SMARTS) is 1. The zero-order valence-corrected chi connectivity index (χ0v) is 6.75. The maximum Gasteiger partial charge on any atom is 0.341 e. The van der Waals surface area contributed by atoms with Crippen LogP contribution in [0.3, 0.4) is 0 Å². The number of aromatic carboxylic acids is 1. The Morgan fingerprint density at radius 2 is 2.14 bits per heavy atom. The van der Waals surface area contributed by atoms with Crippen LogP contribution >= 0.6 is 0 Å². The zero-order valence-electron chi connectivity index (χ0n) is 6.75. The molecule has 0 atom stereocenters. The predicted molar refractivity (Wildman–Crippen MR) is 43.1 cm³/mol. The van der Waals surface area contributed by atoms with Crippen molar-refractivity contribution in [2.24, 2.45) is 0 Å². The van der Waals surface area contributed by atoms with Crippen LogP contribution in [0.5, 0.6) is 0 Å². The molecule has 1 heterocycles. The molecule has 72 valence electrons. The summed E-state index contributed by atoms with van der Waals surface area (Å²) in [6.45, 7) is 0. The van der Waals surface area contributed by atoms with Gasteiger partial charge in [-0.3, -0.25) is 0 Å². The second-order valence-corrected chi connectivity index (χ2v) is 2.68. The van der Waals surface area contributed by atoms with E-state index >= 15 is 0 Å². The van der Waals surface area contributed by atoms with Gasteiger partial charge in [-0.1, -0.05) is 0 Å². The van der Waals surface area contributed by atoms with Gasteiger partial charge in [0.1, 0.15) is 17.0 Å². The lowest BCUT2D eigenvalue weighted by Crippen LogP contribution is -2.04. The Hall–Kier alpha value is -1.91. The van der Waals surface area contributed by atoms with E-state index in [1.54, 1.807) is 0 Å². The van der Waals surface area contributed by atoms with E-state index in [2.05, 4.69) is 0 Å². The monoisotopic (exact) mass is 198 g/mol. The largest absolute Gasteiger partial charge is 0.477 e.